The topological polar surface area (TPSA) is 84.5 Å². The van der Waals surface area contributed by atoms with E-state index in [0.717, 1.165) is 38.5 Å². The van der Waals surface area contributed by atoms with Gasteiger partial charge in [0.2, 0.25) is 0 Å². The minimum absolute atomic E-state index is 0.110. The van der Waals surface area contributed by atoms with Gasteiger partial charge in [0.1, 0.15) is 0 Å². The van der Waals surface area contributed by atoms with Crippen molar-refractivity contribution in [2.45, 2.75) is 74.3 Å². The van der Waals surface area contributed by atoms with Gasteiger partial charge in [0, 0.05) is 17.5 Å². The number of nitrogens with one attached hydrogen (secondary N) is 2. The molecule has 4 aliphatic rings. The first kappa shape index (κ1) is 21.3. The first-order valence-corrected chi connectivity index (χ1v) is 13.1. The SMILES string of the molecule is O=C(COC(=O)C1CC2CCCC(C1)C21SCCS1)NC(=O)NC1CCCCC1. The number of ether oxygens (including phenoxy) is 1. The fraction of sp³-hybridized carbons (Fsp3) is 0.857. The Morgan fingerprint density at radius 2 is 1.55 bits per heavy atom. The molecule has 2 atom stereocenters. The number of amides is 3. The van der Waals surface area contributed by atoms with E-state index in [9.17, 15) is 14.4 Å². The minimum Gasteiger partial charge on any atom is -0.455 e. The Labute approximate surface area is 181 Å². The Kier molecular flexibility index (Phi) is 6.99. The molecule has 6 nitrogen and oxygen atoms in total. The van der Waals surface area contributed by atoms with Crippen molar-refractivity contribution in [2.75, 3.05) is 18.1 Å². The third-order valence-corrected chi connectivity index (χ3v) is 11.0. The van der Waals surface area contributed by atoms with Crippen LogP contribution in [0.1, 0.15) is 64.2 Å². The van der Waals surface area contributed by atoms with E-state index in [1.54, 1.807) is 0 Å². The van der Waals surface area contributed by atoms with Gasteiger partial charge < -0.3 is 10.1 Å². The van der Waals surface area contributed by atoms with Gasteiger partial charge >= 0.3 is 12.0 Å². The van der Waals surface area contributed by atoms with Gasteiger partial charge in [-0.25, -0.2) is 4.79 Å². The predicted octanol–water partition coefficient (Wildman–Crippen LogP) is 3.69. The van der Waals surface area contributed by atoms with E-state index < -0.39 is 11.9 Å². The van der Waals surface area contributed by atoms with E-state index in [0.29, 0.717) is 15.9 Å². The molecular formula is C21H32N2O4S2. The first-order chi connectivity index (χ1) is 14.1. The number of carbonyl (C=O) groups excluding carboxylic acids is 3. The van der Waals surface area contributed by atoms with Crippen LogP contribution in [0.15, 0.2) is 0 Å². The summed E-state index contributed by atoms with van der Waals surface area (Å²) in [4.78, 5) is 36.6. The second-order valence-corrected chi connectivity index (χ2v) is 11.9. The van der Waals surface area contributed by atoms with Gasteiger partial charge in [-0.15, -0.1) is 23.5 Å². The highest BCUT2D eigenvalue weighted by molar-refractivity contribution is 8.21. The molecule has 0 aromatic rings. The molecule has 4 fully saturated rings. The summed E-state index contributed by atoms with van der Waals surface area (Å²) in [6.07, 6.45) is 10.7. The van der Waals surface area contributed by atoms with Crippen LogP contribution in [-0.2, 0) is 14.3 Å². The van der Waals surface area contributed by atoms with Gasteiger partial charge in [-0.2, -0.15) is 0 Å². The van der Waals surface area contributed by atoms with Crippen LogP contribution in [-0.4, -0.2) is 46.1 Å². The highest BCUT2D eigenvalue weighted by Crippen LogP contribution is 2.64. The normalized spacial score (nSPS) is 31.2. The van der Waals surface area contributed by atoms with Crippen molar-refractivity contribution in [2.24, 2.45) is 17.8 Å². The number of carbonyl (C=O) groups is 3. The van der Waals surface area contributed by atoms with Crippen LogP contribution in [0.5, 0.6) is 0 Å². The lowest BCUT2D eigenvalue weighted by Gasteiger charge is -2.51. The molecule has 3 saturated carbocycles. The molecule has 162 valence electrons. The molecule has 1 heterocycles. The molecule has 0 radical (unpaired) electrons. The Hall–Kier alpha value is -0.890. The van der Waals surface area contributed by atoms with Gasteiger partial charge in [-0.3, -0.25) is 14.9 Å². The quantitative estimate of drug-likeness (QED) is 0.649. The highest BCUT2D eigenvalue weighted by atomic mass is 32.2. The van der Waals surface area contributed by atoms with Crippen LogP contribution in [0.2, 0.25) is 0 Å². The summed E-state index contributed by atoms with van der Waals surface area (Å²) in [7, 11) is 0. The third kappa shape index (κ3) is 4.89. The van der Waals surface area contributed by atoms with Crippen LogP contribution in [0, 0.1) is 17.8 Å². The lowest BCUT2D eigenvalue weighted by atomic mass is 9.67. The summed E-state index contributed by atoms with van der Waals surface area (Å²) < 4.78 is 5.63. The number of urea groups is 1. The average molecular weight is 441 g/mol. The maximum atomic E-state index is 12.6. The van der Waals surface area contributed by atoms with Crippen molar-refractivity contribution < 1.29 is 19.1 Å². The highest BCUT2D eigenvalue weighted by Gasteiger charge is 2.55. The largest absolute Gasteiger partial charge is 0.455 e. The van der Waals surface area contributed by atoms with E-state index in [4.69, 9.17) is 4.74 Å². The number of thioether (sulfide) groups is 2. The number of imide groups is 1. The molecule has 0 aromatic carbocycles. The fourth-order valence-electron chi connectivity index (χ4n) is 5.69. The average Bonchev–Trinajstić information content (AvgIpc) is 3.16. The van der Waals surface area contributed by atoms with Gasteiger partial charge in [0.05, 0.1) is 10.00 Å². The monoisotopic (exact) mass is 440 g/mol. The number of hydrogen-bond acceptors (Lipinski definition) is 6. The summed E-state index contributed by atoms with van der Waals surface area (Å²) in [6, 6.07) is -0.346. The molecule has 3 aliphatic carbocycles. The minimum atomic E-state index is -0.555. The number of esters is 1. The van der Waals surface area contributed by atoms with Crippen molar-refractivity contribution in [1.82, 2.24) is 10.6 Å². The maximum absolute atomic E-state index is 12.6. The van der Waals surface area contributed by atoms with Crippen molar-refractivity contribution in [1.29, 1.82) is 0 Å². The van der Waals surface area contributed by atoms with Crippen LogP contribution in [0.25, 0.3) is 0 Å². The fourth-order valence-corrected chi connectivity index (χ4v) is 9.62. The smallest absolute Gasteiger partial charge is 0.321 e. The van der Waals surface area contributed by atoms with Crippen molar-refractivity contribution >= 4 is 41.4 Å². The van der Waals surface area contributed by atoms with E-state index >= 15 is 0 Å². The molecule has 2 unspecified atom stereocenters. The Morgan fingerprint density at radius 1 is 0.897 bits per heavy atom. The zero-order valence-electron chi connectivity index (χ0n) is 17.0. The summed E-state index contributed by atoms with van der Waals surface area (Å²) in [6.45, 7) is -0.378. The third-order valence-electron chi connectivity index (χ3n) is 6.99. The van der Waals surface area contributed by atoms with Gasteiger partial charge in [-0.05, 0) is 50.4 Å². The van der Waals surface area contributed by atoms with Crippen LogP contribution < -0.4 is 10.6 Å². The number of hydrogen-bond donors (Lipinski definition) is 2. The molecule has 4 rings (SSSR count). The molecule has 1 aliphatic heterocycles. The van der Waals surface area contributed by atoms with Gasteiger partial charge in [-0.1, -0.05) is 25.7 Å². The molecule has 29 heavy (non-hydrogen) atoms. The Morgan fingerprint density at radius 3 is 2.21 bits per heavy atom. The molecule has 1 spiro atoms. The summed E-state index contributed by atoms with van der Waals surface area (Å²) in [5.41, 5.74) is 0. The molecule has 3 amide bonds. The Bertz CT molecular complexity index is 616. The molecule has 0 aromatic heterocycles. The van der Waals surface area contributed by atoms with Crippen molar-refractivity contribution in [3.63, 3.8) is 0 Å². The van der Waals surface area contributed by atoms with E-state index in [2.05, 4.69) is 34.2 Å². The standard InChI is InChI=1S/C21H32N2O4S2/c24-18(23-20(26)22-17-7-2-1-3-8-17)13-27-19(25)14-11-15-5-4-6-16(12-14)21(15)28-9-10-29-21/h14-17H,1-13H2,(H2,22,23,24,26). The van der Waals surface area contributed by atoms with Gasteiger partial charge in [0.15, 0.2) is 6.61 Å². The summed E-state index contributed by atoms with van der Waals surface area (Å²) in [5.74, 6) is 2.64. The van der Waals surface area contributed by atoms with Crippen molar-refractivity contribution in [3.8, 4) is 0 Å². The lowest BCUT2D eigenvalue weighted by molar-refractivity contribution is -0.155. The predicted molar refractivity (Wildman–Crippen MR) is 116 cm³/mol. The van der Waals surface area contributed by atoms with E-state index in [1.165, 1.54) is 37.2 Å². The zero-order chi connectivity index (χ0) is 20.3. The molecule has 2 N–H and O–H groups in total. The molecule has 1 saturated heterocycles. The van der Waals surface area contributed by atoms with E-state index in [-0.39, 0.29) is 24.5 Å². The molecule has 2 bridgehead atoms. The Balaban J connectivity index is 1.21. The van der Waals surface area contributed by atoms with Crippen LogP contribution in [0.3, 0.4) is 0 Å². The summed E-state index contributed by atoms with van der Waals surface area (Å²) >= 11 is 4.23. The molecular weight excluding hydrogens is 408 g/mol. The van der Waals surface area contributed by atoms with Crippen molar-refractivity contribution in [3.05, 3.63) is 0 Å². The second kappa shape index (κ2) is 9.50. The van der Waals surface area contributed by atoms with E-state index in [1.807, 2.05) is 0 Å². The lowest BCUT2D eigenvalue weighted by Crippen LogP contribution is -2.49. The zero-order valence-corrected chi connectivity index (χ0v) is 18.6. The summed E-state index contributed by atoms with van der Waals surface area (Å²) in [5, 5.41) is 5.13. The van der Waals surface area contributed by atoms with Crippen LogP contribution >= 0.6 is 23.5 Å². The first-order valence-electron chi connectivity index (χ1n) is 11.1. The van der Waals surface area contributed by atoms with Gasteiger partial charge in [0.25, 0.3) is 5.91 Å². The molecule has 8 heteroatoms. The van der Waals surface area contributed by atoms with Crippen LogP contribution in [0.4, 0.5) is 4.79 Å². The maximum Gasteiger partial charge on any atom is 0.321 e. The second-order valence-electron chi connectivity index (χ2n) is 8.88. The number of rotatable bonds is 4.